The Bertz CT molecular complexity index is 1080. The summed E-state index contributed by atoms with van der Waals surface area (Å²) < 4.78 is 0.962. The fourth-order valence-electron chi connectivity index (χ4n) is 2.64. The molecule has 0 aliphatic heterocycles. The van der Waals surface area contributed by atoms with E-state index in [1.807, 2.05) is 72.8 Å². The Kier molecular flexibility index (Phi) is 4.85. The van der Waals surface area contributed by atoms with Gasteiger partial charge in [0, 0.05) is 21.2 Å². The first-order valence-electron chi connectivity index (χ1n) is 8.38. The quantitative estimate of drug-likeness (QED) is 0.429. The molecule has 4 rings (SSSR count). The normalized spacial score (nSPS) is 10.6. The molecule has 0 amide bonds. The molecule has 0 saturated heterocycles. The molecule has 4 nitrogen and oxygen atoms in total. The largest absolute Gasteiger partial charge is 0.285 e. The van der Waals surface area contributed by atoms with Crippen molar-refractivity contribution in [1.29, 1.82) is 0 Å². The molecular formula is C22H14BrN3O. The summed E-state index contributed by atoms with van der Waals surface area (Å²) in [6, 6.07) is 26.3. The highest BCUT2D eigenvalue weighted by atomic mass is 79.9. The number of carbonyl (C=O) groups is 1. The van der Waals surface area contributed by atoms with E-state index in [1.165, 1.54) is 0 Å². The second-order valence-electron chi connectivity index (χ2n) is 5.87. The lowest BCUT2D eigenvalue weighted by molar-refractivity contribution is 0.102. The van der Waals surface area contributed by atoms with Crippen molar-refractivity contribution >= 4 is 21.7 Å². The average molecular weight is 416 g/mol. The smallest absolute Gasteiger partial charge is 0.230 e. The maximum Gasteiger partial charge on any atom is 0.230 e. The van der Waals surface area contributed by atoms with E-state index in [2.05, 4.69) is 30.9 Å². The van der Waals surface area contributed by atoms with Crippen LogP contribution in [0, 0.1) is 0 Å². The molecule has 27 heavy (non-hydrogen) atoms. The fraction of sp³-hybridized carbons (Fsp3) is 0. The second-order valence-corrected chi connectivity index (χ2v) is 6.79. The highest BCUT2D eigenvalue weighted by molar-refractivity contribution is 9.10. The van der Waals surface area contributed by atoms with E-state index >= 15 is 0 Å². The van der Waals surface area contributed by atoms with Crippen LogP contribution in [0.15, 0.2) is 89.4 Å². The number of halogens is 1. The topological polar surface area (TPSA) is 55.7 Å². The van der Waals surface area contributed by atoms with Gasteiger partial charge in [0.25, 0.3) is 0 Å². The summed E-state index contributed by atoms with van der Waals surface area (Å²) in [4.78, 5) is 26.4. The number of rotatable bonds is 4. The third-order valence-electron chi connectivity index (χ3n) is 4.01. The Morgan fingerprint density at radius 2 is 1.15 bits per heavy atom. The van der Waals surface area contributed by atoms with Crippen LogP contribution in [-0.4, -0.2) is 20.7 Å². The molecule has 5 heteroatoms. The van der Waals surface area contributed by atoms with Crippen LogP contribution in [-0.2, 0) is 0 Å². The Labute approximate surface area is 165 Å². The Morgan fingerprint density at radius 1 is 0.630 bits per heavy atom. The number of hydrogen-bond acceptors (Lipinski definition) is 4. The fourth-order valence-corrected chi connectivity index (χ4v) is 2.90. The molecule has 1 heterocycles. The van der Waals surface area contributed by atoms with E-state index in [4.69, 9.17) is 0 Å². The third-order valence-corrected chi connectivity index (χ3v) is 4.54. The number of aromatic nitrogens is 3. The number of hydrogen-bond donors (Lipinski definition) is 0. The van der Waals surface area contributed by atoms with Crippen LogP contribution in [0.1, 0.15) is 16.2 Å². The van der Waals surface area contributed by atoms with Gasteiger partial charge in [-0.1, -0.05) is 88.7 Å². The highest BCUT2D eigenvalue weighted by Crippen LogP contribution is 2.22. The lowest BCUT2D eigenvalue weighted by atomic mass is 10.1. The molecule has 1 aromatic heterocycles. The molecule has 0 N–H and O–H groups in total. The monoisotopic (exact) mass is 415 g/mol. The van der Waals surface area contributed by atoms with Gasteiger partial charge in [0.2, 0.25) is 11.6 Å². The molecule has 4 aromatic rings. The van der Waals surface area contributed by atoms with Crippen molar-refractivity contribution in [3.8, 4) is 22.8 Å². The summed E-state index contributed by atoms with van der Waals surface area (Å²) >= 11 is 3.43. The highest BCUT2D eigenvalue weighted by Gasteiger charge is 2.17. The van der Waals surface area contributed by atoms with E-state index in [0.29, 0.717) is 17.2 Å². The van der Waals surface area contributed by atoms with Crippen LogP contribution in [0.5, 0.6) is 0 Å². The molecule has 0 atom stereocenters. The molecule has 0 fully saturated rings. The van der Waals surface area contributed by atoms with Crippen molar-refractivity contribution in [1.82, 2.24) is 15.0 Å². The molecule has 0 aliphatic rings. The third kappa shape index (κ3) is 3.83. The molecule has 130 valence electrons. The number of carbonyl (C=O) groups excluding carboxylic acids is 1. The first-order valence-corrected chi connectivity index (χ1v) is 9.17. The van der Waals surface area contributed by atoms with Gasteiger partial charge in [-0.25, -0.2) is 15.0 Å². The standard InChI is InChI=1S/C22H14BrN3O/c23-18-13-11-17(12-14-18)21-24-20(16-9-5-2-6-10-16)25-22(26-21)19(27)15-7-3-1-4-8-15/h1-14H. The summed E-state index contributed by atoms with van der Waals surface area (Å²) in [5, 5.41) is 0. The predicted molar refractivity (Wildman–Crippen MR) is 108 cm³/mol. The van der Waals surface area contributed by atoms with E-state index in [0.717, 1.165) is 15.6 Å². The predicted octanol–water partition coefficient (Wildman–Crippen LogP) is 5.20. The minimum absolute atomic E-state index is 0.132. The molecule has 0 aliphatic carbocycles. The zero-order valence-electron chi connectivity index (χ0n) is 14.2. The van der Waals surface area contributed by atoms with Crippen LogP contribution >= 0.6 is 15.9 Å². The lowest BCUT2D eigenvalue weighted by Crippen LogP contribution is -2.10. The van der Waals surface area contributed by atoms with Gasteiger partial charge in [-0.2, -0.15) is 0 Å². The van der Waals surface area contributed by atoms with Gasteiger partial charge in [-0.05, 0) is 12.1 Å². The van der Waals surface area contributed by atoms with Crippen molar-refractivity contribution in [2.75, 3.05) is 0 Å². The molecule has 0 saturated carbocycles. The molecule has 0 radical (unpaired) electrons. The van der Waals surface area contributed by atoms with E-state index in [1.54, 1.807) is 12.1 Å². The van der Waals surface area contributed by atoms with Gasteiger partial charge in [-0.3, -0.25) is 4.79 Å². The minimum Gasteiger partial charge on any atom is -0.285 e. The van der Waals surface area contributed by atoms with Gasteiger partial charge >= 0.3 is 0 Å². The van der Waals surface area contributed by atoms with Gasteiger partial charge in [-0.15, -0.1) is 0 Å². The van der Waals surface area contributed by atoms with E-state index in [-0.39, 0.29) is 11.6 Å². The maximum absolute atomic E-state index is 12.9. The zero-order valence-corrected chi connectivity index (χ0v) is 15.8. The lowest BCUT2D eigenvalue weighted by Gasteiger charge is -2.07. The summed E-state index contributed by atoms with van der Waals surface area (Å²) in [6.07, 6.45) is 0. The molecule has 0 bridgehead atoms. The Balaban J connectivity index is 1.86. The van der Waals surface area contributed by atoms with Crippen molar-refractivity contribution in [2.24, 2.45) is 0 Å². The van der Waals surface area contributed by atoms with Crippen molar-refractivity contribution in [2.45, 2.75) is 0 Å². The zero-order chi connectivity index (χ0) is 18.6. The maximum atomic E-state index is 12.9. The van der Waals surface area contributed by atoms with Crippen LogP contribution in [0.2, 0.25) is 0 Å². The first kappa shape index (κ1) is 17.2. The molecule has 0 unspecified atom stereocenters. The summed E-state index contributed by atoms with van der Waals surface area (Å²) in [5.41, 5.74) is 2.20. The number of ketones is 1. The first-order chi connectivity index (χ1) is 13.2. The Hall–Kier alpha value is -3.18. The van der Waals surface area contributed by atoms with Crippen LogP contribution in [0.4, 0.5) is 0 Å². The molecule has 0 spiro atoms. The van der Waals surface area contributed by atoms with Crippen LogP contribution < -0.4 is 0 Å². The van der Waals surface area contributed by atoms with Gasteiger partial charge in [0.05, 0.1) is 0 Å². The SMILES string of the molecule is O=C(c1ccccc1)c1nc(-c2ccccc2)nc(-c2ccc(Br)cc2)n1. The minimum atomic E-state index is -0.228. The van der Waals surface area contributed by atoms with E-state index in [9.17, 15) is 4.79 Å². The van der Waals surface area contributed by atoms with Crippen LogP contribution in [0.3, 0.4) is 0 Å². The van der Waals surface area contributed by atoms with Gasteiger partial charge in [0.15, 0.2) is 11.6 Å². The van der Waals surface area contributed by atoms with E-state index < -0.39 is 0 Å². The number of nitrogens with zero attached hydrogens (tertiary/aromatic N) is 3. The summed E-state index contributed by atoms with van der Waals surface area (Å²) in [6.45, 7) is 0. The van der Waals surface area contributed by atoms with Gasteiger partial charge < -0.3 is 0 Å². The van der Waals surface area contributed by atoms with Crippen molar-refractivity contribution < 1.29 is 4.79 Å². The summed E-state index contributed by atoms with van der Waals surface area (Å²) in [5.74, 6) is 0.847. The van der Waals surface area contributed by atoms with Crippen molar-refractivity contribution in [3.63, 3.8) is 0 Å². The second kappa shape index (κ2) is 7.60. The summed E-state index contributed by atoms with van der Waals surface area (Å²) in [7, 11) is 0. The Morgan fingerprint density at radius 3 is 1.74 bits per heavy atom. The van der Waals surface area contributed by atoms with Crippen molar-refractivity contribution in [3.05, 3.63) is 101 Å². The molecule has 3 aromatic carbocycles. The average Bonchev–Trinajstić information content (AvgIpc) is 2.74. The van der Waals surface area contributed by atoms with Gasteiger partial charge in [0.1, 0.15) is 0 Å². The number of benzene rings is 3. The van der Waals surface area contributed by atoms with Crippen LogP contribution in [0.25, 0.3) is 22.8 Å². The molecular weight excluding hydrogens is 402 g/mol.